The van der Waals surface area contributed by atoms with Gasteiger partial charge in [-0.05, 0) is 12.5 Å². The van der Waals surface area contributed by atoms with Gasteiger partial charge >= 0.3 is 5.97 Å². The van der Waals surface area contributed by atoms with Gasteiger partial charge in [-0.3, -0.25) is 4.79 Å². The second-order valence-electron chi connectivity index (χ2n) is 2.75. The first kappa shape index (κ1) is 12.2. The van der Waals surface area contributed by atoms with Gasteiger partial charge in [0.1, 0.15) is 0 Å². The van der Waals surface area contributed by atoms with Crippen LogP contribution in [-0.4, -0.2) is 22.5 Å². The SMILES string of the molecule is CCOC(=O)CSC(=S)c1ccccc1. The summed E-state index contributed by atoms with van der Waals surface area (Å²) >= 11 is 6.51. The van der Waals surface area contributed by atoms with Crippen LogP contribution in [0.2, 0.25) is 0 Å². The van der Waals surface area contributed by atoms with E-state index in [9.17, 15) is 4.79 Å². The first-order valence-corrected chi connectivity index (χ1v) is 6.01. The first-order valence-electron chi connectivity index (χ1n) is 4.62. The lowest BCUT2D eigenvalue weighted by Gasteiger charge is -2.03. The number of carbonyl (C=O) groups is 1. The smallest absolute Gasteiger partial charge is 0.316 e. The molecule has 15 heavy (non-hydrogen) atoms. The summed E-state index contributed by atoms with van der Waals surface area (Å²) in [7, 11) is 0. The number of ether oxygens (including phenoxy) is 1. The molecule has 1 rings (SSSR count). The van der Waals surface area contributed by atoms with Crippen molar-refractivity contribution in [2.24, 2.45) is 0 Å². The van der Waals surface area contributed by atoms with Crippen LogP contribution in [-0.2, 0) is 9.53 Å². The Labute approximate surface area is 99.0 Å². The largest absolute Gasteiger partial charge is 0.465 e. The molecular formula is C11H12O2S2. The lowest BCUT2D eigenvalue weighted by atomic mass is 10.2. The van der Waals surface area contributed by atoms with E-state index in [1.807, 2.05) is 30.3 Å². The van der Waals surface area contributed by atoms with Crippen molar-refractivity contribution < 1.29 is 9.53 Å². The van der Waals surface area contributed by atoms with Gasteiger partial charge in [0.05, 0.1) is 16.6 Å². The second-order valence-corrected chi connectivity index (χ2v) is 4.40. The fraction of sp³-hybridized carbons (Fsp3) is 0.273. The molecule has 0 N–H and O–H groups in total. The molecular weight excluding hydrogens is 228 g/mol. The van der Waals surface area contributed by atoms with Crippen molar-refractivity contribution in [1.82, 2.24) is 0 Å². The zero-order chi connectivity index (χ0) is 11.1. The van der Waals surface area contributed by atoms with Crippen molar-refractivity contribution in [2.45, 2.75) is 6.92 Å². The lowest BCUT2D eigenvalue weighted by molar-refractivity contribution is -0.139. The van der Waals surface area contributed by atoms with Gasteiger partial charge in [-0.15, -0.1) is 11.8 Å². The van der Waals surface area contributed by atoms with E-state index in [0.29, 0.717) is 6.61 Å². The molecule has 0 aliphatic heterocycles. The molecule has 2 nitrogen and oxygen atoms in total. The van der Waals surface area contributed by atoms with E-state index in [1.165, 1.54) is 11.8 Å². The normalized spacial score (nSPS) is 9.67. The van der Waals surface area contributed by atoms with Crippen LogP contribution in [0, 0.1) is 0 Å². The molecule has 0 fully saturated rings. The molecule has 4 heteroatoms. The summed E-state index contributed by atoms with van der Waals surface area (Å²) in [5.41, 5.74) is 0.974. The second kappa shape index (κ2) is 6.58. The third-order valence-corrected chi connectivity index (χ3v) is 3.10. The molecule has 1 aromatic carbocycles. The van der Waals surface area contributed by atoms with E-state index < -0.39 is 0 Å². The van der Waals surface area contributed by atoms with Crippen molar-refractivity contribution >= 4 is 34.1 Å². The molecule has 0 aliphatic rings. The van der Waals surface area contributed by atoms with E-state index in [4.69, 9.17) is 17.0 Å². The van der Waals surface area contributed by atoms with Gasteiger partial charge in [-0.1, -0.05) is 42.5 Å². The molecule has 1 aromatic rings. The number of rotatable bonds is 4. The van der Waals surface area contributed by atoms with Crippen molar-refractivity contribution in [3.8, 4) is 0 Å². The Kier molecular flexibility index (Phi) is 5.36. The summed E-state index contributed by atoms with van der Waals surface area (Å²) < 4.78 is 5.53. The van der Waals surface area contributed by atoms with Gasteiger partial charge in [0, 0.05) is 0 Å². The molecule has 80 valence electrons. The minimum absolute atomic E-state index is 0.221. The van der Waals surface area contributed by atoms with Gasteiger partial charge in [-0.2, -0.15) is 0 Å². The zero-order valence-electron chi connectivity index (χ0n) is 8.43. The molecule has 0 atom stereocenters. The summed E-state index contributed by atoms with van der Waals surface area (Å²) in [4.78, 5) is 11.1. The average molecular weight is 240 g/mol. The summed E-state index contributed by atoms with van der Waals surface area (Å²) in [6, 6.07) is 9.64. The maximum Gasteiger partial charge on any atom is 0.316 e. The minimum atomic E-state index is -0.221. The van der Waals surface area contributed by atoms with E-state index in [1.54, 1.807) is 6.92 Å². The molecule has 0 aliphatic carbocycles. The Bertz CT molecular complexity index is 336. The summed E-state index contributed by atoms with van der Waals surface area (Å²) in [5.74, 6) is 0.0578. The quantitative estimate of drug-likeness (QED) is 0.597. The highest BCUT2D eigenvalue weighted by Gasteiger charge is 2.06. The third-order valence-electron chi connectivity index (χ3n) is 1.64. The molecule has 0 amide bonds. The predicted octanol–water partition coefficient (Wildman–Crippen LogP) is 2.66. The van der Waals surface area contributed by atoms with Crippen LogP contribution in [0.4, 0.5) is 0 Å². The molecule has 0 saturated carbocycles. The van der Waals surface area contributed by atoms with E-state index >= 15 is 0 Å². The number of hydrogen-bond acceptors (Lipinski definition) is 4. The standard InChI is InChI=1S/C11H12O2S2/c1-2-13-10(12)8-15-11(14)9-6-4-3-5-7-9/h3-7H,2,8H2,1H3. The highest BCUT2D eigenvalue weighted by Crippen LogP contribution is 2.13. The van der Waals surface area contributed by atoms with E-state index in [-0.39, 0.29) is 11.7 Å². The van der Waals surface area contributed by atoms with Gasteiger partial charge in [0.25, 0.3) is 0 Å². The minimum Gasteiger partial charge on any atom is -0.465 e. The average Bonchev–Trinajstić information content (AvgIpc) is 2.27. The third kappa shape index (κ3) is 4.44. The zero-order valence-corrected chi connectivity index (χ0v) is 10.1. The number of thioether (sulfide) groups is 1. The maximum atomic E-state index is 11.1. The van der Waals surface area contributed by atoms with Gasteiger partial charge in [0.2, 0.25) is 0 Å². The van der Waals surface area contributed by atoms with Crippen LogP contribution in [0.3, 0.4) is 0 Å². The number of hydrogen-bond donors (Lipinski definition) is 0. The fourth-order valence-corrected chi connectivity index (χ4v) is 1.93. The van der Waals surface area contributed by atoms with Gasteiger partial charge < -0.3 is 4.74 Å². The predicted molar refractivity (Wildman–Crippen MR) is 67.2 cm³/mol. The van der Waals surface area contributed by atoms with Gasteiger partial charge in [-0.25, -0.2) is 0 Å². The fourth-order valence-electron chi connectivity index (χ4n) is 0.985. The molecule has 0 unspecified atom stereocenters. The van der Waals surface area contributed by atoms with Crippen LogP contribution in [0.1, 0.15) is 12.5 Å². The Morgan fingerprint density at radius 3 is 2.67 bits per heavy atom. The highest BCUT2D eigenvalue weighted by molar-refractivity contribution is 8.24. The number of benzene rings is 1. The van der Waals surface area contributed by atoms with Crippen molar-refractivity contribution in [3.05, 3.63) is 35.9 Å². The Morgan fingerprint density at radius 1 is 1.40 bits per heavy atom. The monoisotopic (exact) mass is 240 g/mol. The molecule has 0 bridgehead atoms. The van der Waals surface area contributed by atoms with Crippen molar-refractivity contribution in [3.63, 3.8) is 0 Å². The van der Waals surface area contributed by atoms with Gasteiger partial charge in [0.15, 0.2) is 0 Å². The molecule has 0 saturated heterocycles. The summed E-state index contributed by atoms with van der Waals surface area (Å²) in [6.07, 6.45) is 0. The molecule has 0 radical (unpaired) electrons. The summed E-state index contributed by atoms with van der Waals surface area (Å²) in [6.45, 7) is 2.20. The van der Waals surface area contributed by atoms with Crippen LogP contribution >= 0.6 is 24.0 Å². The van der Waals surface area contributed by atoms with Crippen LogP contribution in [0.5, 0.6) is 0 Å². The Balaban J connectivity index is 2.40. The van der Waals surface area contributed by atoms with Crippen LogP contribution < -0.4 is 0 Å². The number of carbonyl (C=O) groups excluding carboxylic acids is 1. The van der Waals surface area contributed by atoms with Crippen LogP contribution in [0.25, 0.3) is 0 Å². The van der Waals surface area contributed by atoms with E-state index in [2.05, 4.69) is 0 Å². The lowest BCUT2D eigenvalue weighted by Crippen LogP contribution is -2.08. The highest BCUT2D eigenvalue weighted by atomic mass is 32.2. The van der Waals surface area contributed by atoms with E-state index in [0.717, 1.165) is 9.76 Å². The molecule has 0 heterocycles. The number of esters is 1. The van der Waals surface area contributed by atoms with Crippen molar-refractivity contribution in [2.75, 3.05) is 12.4 Å². The molecule has 0 spiro atoms. The maximum absolute atomic E-state index is 11.1. The molecule has 0 aromatic heterocycles. The van der Waals surface area contributed by atoms with Crippen LogP contribution in [0.15, 0.2) is 30.3 Å². The van der Waals surface area contributed by atoms with Crippen molar-refractivity contribution in [1.29, 1.82) is 0 Å². The summed E-state index contributed by atoms with van der Waals surface area (Å²) in [5, 5.41) is 0. The first-order chi connectivity index (χ1) is 7.24. The topological polar surface area (TPSA) is 26.3 Å². The Morgan fingerprint density at radius 2 is 2.07 bits per heavy atom. The number of thiocarbonyl (C=S) groups is 1. The Hall–Kier alpha value is -0.870.